The van der Waals surface area contributed by atoms with Gasteiger partial charge in [-0.05, 0) is 30.5 Å². The summed E-state index contributed by atoms with van der Waals surface area (Å²) < 4.78 is 4.99. The van der Waals surface area contributed by atoms with Gasteiger partial charge in [0.05, 0.1) is 6.20 Å². The summed E-state index contributed by atoms with van der Waals surface area (Å²) in [6, 6.07) is 8.26. The van der Waals surface area contributed by atoms with Gasteiger partial charge in [0.25, 0.3) is 0 Å². The Morgan fingerprint density at radius 3 is 2.71 bits per heavy atom. The first-order valence-electron chi connectivity index (χ1n) is 7.10. The highest BCUT2D eigenvalue weighted by molar-refractivity contribution is 5.56. The Labute approximate surface area is 125 Å². The van der Waals surface area contributed by atoms with Crippen LogP contribution in [-0.2, 0) is 11.2 Å². The van der Waals surface area contributed by atoms with Crippen molar-refractivity contribution >= 4 is 17.5 Å². The Bertz CT molecular complexity index is 544. The van der Waals surface area contributed by atoms with E-state index in [1.54, 1.807) is 13.3 Å². The van der Waals surface area contributed by atoms with Crippen molar-refractivity contribution < 1.29 is 4.74 Å². The minimum Gasteiger partial charge on any atom is -0.385 e. The van der Waals surface area contributed by atoms with Gasteiger partial charge in [0.1, 0.15) is 0 Å². The highest BCUT2D eigenvalue weighted by atomic mass is 16.5. The lowest BCUT2D eigenvalue weighted by Gasteiger charge is -2.08. The number of methoxy groups -OCH3 is 1. The zero-order chi connectivity index (χ0) is 14.9. The van der Waals surface area contributed by atoms with Crippen molar-refractivity contribution in [1.82, 2.24) is 15.2 Å². The molecule has 6 nitrogen and oxygen atoms in total. The van der Waals surface area contributed by atoms with Crippen molar-refractivity contribution in [3.8, 4) is 0 Å². The monoisotopic (exact) mass is 287 g/mol. The summed E-state index contributed by atoms with van der Waals surface area (Å²) in [7, 11) is 1.69. The molecule has 0 fully saturated rings. The Balaban J connectivity index is 1.93. The maximum absolute atomic E-state index is 4.99. The molecule has 0 unspecified atom stereocenters. The summed E-state index contributed by atoms with van der Waals surface area (Å²) in [6.07, 6.45) is 3.54. The first kappa shape index (κ1) is 15.2. The predicted molar refractivity (Wildman–Crippen MR) is 83.9 cm³/mol. The molecule has 0 bridgehead atoms. The Hall–Kier alpha value is -2.21. The number of nitrogens with zero attached hydrogens (tertiary/aromatic N) is 3. The van der Waals surface area contributed by atoms with E-state index in [4.69, 9.17) is 4.74 Å². The molecule has 6 heteroatoms. The van der Waals surface area contributed by atoms with Crippen molar-refractivity contribution in [3.05, 3.63) is 36.0 Å². The van der Waals surface area contributed by atoms with Crippen molar-refractivity contribution in [2.75, 3.05) is 30.9 Å². The van der Waals surface area contributed by atoms with Crippen LogP contribution >= 0.6 is 0 Å². The average molecular weight is 287 g/mol. The molecule has 0 spiro atoms. The second kappa shape index (κ2) is 8.16. The summed E-state index contributed by atoms with van der Waals surface area (Å²) in [5.41, 5.74) is 2.29. The number of aryl methyl sites for hydroxylation is 1. The van der Waals surface area contributed by atoms with Gasteiger partial charge in [0.2, 0.25) is 5.95 Å². The van der Waals surface area contributed by atoms with Gasteiger partial charge < -0.3 is 15.4 Å². The van der Waals surface area contributed by atoms with Crippen LogP contribution in [0.15, 0.2) is 30.5 Å². The molecule has 0 aliphatic carbocycles. The van der Waals surface area contributed by atoms with Crippen LogP contribution in [0, 0.1) is 0 Å². The lowest BCUT2D eigenvalue weighted by atomic mass is 10.1. The third kappa shape index (κ3) is 5.00. The standard InChI is InChI=1S/C15H21N5O/c1-3-12-5-7-13(8-6-12)18-14-11-17-20-15(19-14)16-9-4-10-21-2/h5-8,11H,3-4,9-10H2,1-2H3,(H2,16,18,19,20). The molecule has 0 aliphatic heterocycles. The third-order valence-electron chi connectivity index (χ3n) is 3.00. The first-order valence-corrected chi connectivity index (χ1v) is 7.10. The zero-order valence-electron chi connectivity index (χ0n) is 12.5. The smallest absolute Gasteiger partial charge is 0.244 e. The quantitative estimate of drug-likeness (QED) is 0.727. The van der Waals surface area contributed by atoms with Gasteiger partial charge >= 0.3 is 0 Å². The van der Waals surface area contributed by atoms with E-state index in [2.05, 4.69) is 44.9 Å². The SMILES string of the molecule is CCc1ccc(Nc2cnnc(NCCCOC)n2)cc1. The van der Waals surface area contributed by atoms with Crippen molar-refractivity contribution in [1.29, 1.82) is 0 Å². The highest BCUT2D eigenvalue weighted by Crippen LogP contribution is 2.15. The van der Waals surface area contributed by atoms with Crippen LogP contribution in [0.25, 0.3) is 0 Å². The number of nitrogens with one attached hydrogen (secondary N) is 2. The van der Waals surface area contributed by atoms with Crippen molar-refractivity contribution in [3.63, 3.8) is 0 Å². The van der Waals surface area contributed by atoms with Crippen LogP contribution in [0.3, 0.4) is 0 Å². The van der Waals surface area contributed by atoms with Crippen LogP contribution in [0.5, 0.6) is 0 Å². The molecule has 2 N–H and O–H groups in total. The summed E-state index contributed by atoms with van der Waals surface area (Å²) >= 11 is 0. The topological polar surface area (TPSA) is 72.0 Å². The number of ether oxygens (including phenoxy) is 1. The second-order valence-electron chi connectivity index (χ2n) is 4.61. The van der Waals surface area contributed by atoms with E-state index in [1.807, 2.05) is 12.1 Å². The molecule has 112 valence electrons. The van der Waals surface area contributed by atoms with Gasteiger partial charge in [-0.3, -0.25) is 0 Å². The van der Waals surface area contributed by atoms with Crippen LogP contribution in [0.2, 0.25) is 0 Å². The lowest BCUT2D eigenvalue weighted by molar-refractivity contribution is 0.197. The van der Waals surface area contributed by atoms with E-state index in [-0.39, 0.29) is 0 Å². The molecule has 1 heterocycles. The summed E-state index contributed by atoms with van der Waals surface area (Å²) in [5.74, 6) is 1.18. The number of benzene rings is 1. The molecule has 21 heavy (non-hydrogen) atoms. The molecular weight excluding hydrogens is 266 g/mol. The molecule has 0 saturated heterocycles. The maximum Gasteiger partial charge on any atom is 0.244 e. The van der Waals surface area contributed by atoms with E-state index in [1.165, 1.54) is 5.56 Å². The lowest BCUT2D eigenvalue weighted by Crippen LogP contribution is -2.09. The van der Waals surface area contributed by atoms with E-state index < -0.39 is 0 Å². The normalized spacial score (nSPS) is 10.4. The molecule has 0 amide bonds. The third-order valence-corrected chi connectivity index (χ3v) is 3.00. The molecule has 0 radical (unpaired) electrons. The minimum absolute atomic E-state index is 0.515. The molecule has 1 aromatic carbocycles. The number of aromatic nitrogens is 3. The Morgan fingerprint density at radius 1 is 1.19 bits per heavy atom. The van der Waals surface area contributed by atoms with E-state index in [9.17, 15) is 0 Å². The molecule has 0 saturated carbocycles. The molecule has 0 aliphatic rings. The van der Waals surface area contributed by atoms with Gasteiger partial charge in [-0.1, -0.05) is 19.1 Å². The van der Waals surface area contributed by atoms with Gasteiger partial charge in [0.15, 0.2) is 5.82 Å². The fourth-order valence-electron chi connectivity index (χ4n) is 1.83. The fourth-order valence-corrected chi connectivity index (χ4v) is 1.83. The zero-order valence-corrected chi connectivity index (χ0v) is 12.5. The van der Waals surface area contributed by atoms with Crippen LogP contribution in [0.4, 0.5) is 17.5 Å². The van der Waals surface area contributed by atoms with E-state index >= 15 is 0 Å². The number of anilines is 3. The van der Waals surface area contributed by atoms with Crippen LogP contribution < -0.4 is 10.6 Å². The maximum atomic E-state index is 4.99. The predicted octanol–water partition coefficient (Wildman–Crippen LogP) is 2.63. The van der Waals surface area contributed by atoms with Gasteiger partial charge in [0, 0.05) is 25.9 Å². The van der Waals surface area contributed by atoms with E-state index in [0.717, 1.165) is 25.1 Å². The van der Waals surface area contributed by atoms with Gasteiger partial charge in [-0.15, -0.1) is 5.10 Å². The van der Waals surface area contributed by atoms with E-state index in [0.29, 0.717) is 18.4 Å². The van der Waals surface area contributed by atoms with Crippen LogP contribution in [0.1, 0.15) is 18.9 Å². The van der Waals surface area contributed by atoms with Crippen molar-refractivity contribution in [2.45, 2.75) is 19.8 Å². The van der Waals surface area contributed by atoms with Crippen molar-refractivity contribution in [2.24, 2.45) is 0 Å². The van der Waals surface area contributed by atoms with Gasteiger partial charge in [-0.25, -0.2) is 0 Å². The molecule has 0 atom stereocenters. The van der Waals surface area contributed by atoms with Crippen LogP contribution in [-0.4, -0.2) is 35.4 Å². The largest absolute Gasteiger partial charge is 0.385 e. The summed E-state index contributed by atoms with van der Waals surface area (Å²) in [5, 5.41) is 14.2. The minimum atomic E-state index is 0.515. The molecule has 2 aromatic rings. The average Bonchev–Trinajstić information content (AvgIpc) is 2.53. The number of hydrogen-bond acceptors (Lipinski definition) is 6. The first-order chi connectivity index (χ1) is 10.3. The Kier molecular flexibility index (Phi) is 5.90. The number of rotatable bonds is 8. The number of hydrogen-bond donors (Lipinski definition) is 2. The summed E-state index contributed by atoms with van der Waals surface area (Å²) in [6.45, 7) is 3.60. The molecular formula is C15H21N5O. The second-order valence-corrected chi connectivity index (χ2v) is 4.61. The molecule has 2 rings (SSSR count). The van der Waals surface area contributed by atoms with Gasteiger partial charge in [-0.2, -0.15) is 10.1 Å². The molecule has 1 aromatic heterocycles. The highest BCUT2D eigenvalue weighted by Gasteiger charge is 2.01. The fraction of sp³-hybridized carbons (Fsp3) is 0.400. The summed E-state index contributed by atoms with van der Waals surface area (Å²) in [4.78, 5) is 4.37. The Morgan fingerprint density at radius 2 is 2.00 bits per heavy atom.